The molecule has 0 aromatic heterocycles. The molecule has 2 atom stereocenters. The molecular weight excluding hydrogens is 404 g/mol. The van der Waals surface area contributed by atoms with E-state index in [4.69, 9.17) is 9.47 Å². The predicted octanol–water partition coefficient (Wildman–Crippen LogP) is 3.19. The van der Waals surface area contributed by atoms with Crippen molar-refractivity contribution < 1.29 is 22.7 Å². The molecule has 1 heterocycles. The third-order valence-corrected chi connectivity index (χ3v) is 6.31. The summed E-state index contributed by atoms with van der Waals surface area (Å²) in [4.78, 5) is 13.0. The predicted molar refractivity (Wildman–Crippen MR) is 117 cm³/mol. The van der Waals surface area contributed by atoms with Crippen molar-refractivity contribution in [3.8, 4) is 11.5 Å². The minimum atomic E-state index is -3.73. The second kappa shape index (κ2) is 8.95. The number of carbonyl (C=O) groups is 1. The van der Waals surface area contributed by atoms with Gasteiger partial charge in [-0.3, -0.25) is 9.10 Å². The van der Waals surface area contributed by atoms with Crippen molar-refractivity contribution in [2.45, 2.75) is 39.3 Å². The van der Waals surface area contributed by atoms with Crippen LogP contribution in [0.5, 0.6) is 11.5 Å². The van der Waals surface area contributed by atoms with Gasteiger partial charge in [0, 0.05) is 6.07 Å². The number of nitrogens with zero attached hydrogens (tertiary/aromatic N) is 1. The lowest BCUT2D eigenvalue weighted by Crippen LogP contribution is -2.48. The second-order valence-corrected chi connectivity index (χ2v) is 9.30. The summed E-state index contributed by atoms with van der Waals surface area (Å²) in [6, 6.07) is 11.7. The van der Waals surface area contributed by atoms with E-state index in [1.165, 1.54) is 0 Å². The first kappa shape index (κ1) is 22.0. The summed E-state index contributed by atoms with van der Waals surface area (Å²) in [6.07, 6.45) is 1.77. The Balaban J connectivity index is 1.85. The zero-order chi connectivity index (χ0) is 21.9. The van der Waals surface area contributed by atoms with Crippen LogP contribution in [0, 0.1) is 6.92 Å². The average Bonchev–Trinajstić information content (AvgIpc) is 2.71. The molecule has 1 aliphatic heterocycles. The molecule has 1 N–H and O–H groups in total. The maximum absolute atomic E-state index is 13.0. The van der Waals surface area contributed by atoms with Crippen LogP contribution >= 0.6 is 0 Å². The van der Waals surface area contributed by atoms with E-state index in [0.29, 0.717) is 36.8 Å². The van der Waals surface area contributed by atoms with Crippen molar-refractivity contribution in [1.29, 1.82) is 0 Å². The fourth-order valence-electron chi connectivity index (χ4n) is 3.49. The molecule has 7 nitrogen and oxygen atoms in total. The van der Waals surface area contributed by atoms with Crippen LogP contribution in [0.25, 0.3) is 0 Å². The van der Waals surface area contributed by atoms with Gasteiger partial charge < -0.3 is 14.8 Å². The molecule has 162 valence electrons. The summed E-state index contributed by atoms with van der Waals surface area (Å²) < 4.78 is 37.4. The Bertz CT molecular complexity index is 1000. The van der Waals surface area contributed by atoms with Gasteiger partial charge in [0.2, 0.25) is 15.9 Å². The number of anilines is 1. The van der Waals surface area contributed by atoms with Crippen molar-refractivity contribution in [2.24, 2.45) is 0 Å². The highest BCUT2D eigenvalue weighted by Crippen LogP contribution is 2.35. The standard InChI is InChI=1S/C22H28N2O5S/c1-5-19(17-8-6-15(2)7-9-17)23-22(25)16(3)24(30(4,26)27)18-10-11-20-21(14-18)29-13-12-28-20/h6-11,14,16,19H,5,12-13H2,1-4H3,(H,23,25)/t16-,19-/m0/s1. The molecule has 0 saturated carbocycles. The van der Waals surface area contributed by atoms with Gasteiger partial charge >= 0.3 is 0 Å². The molecule has 8 heteroatoms. The molecule has 0 fully saturated rings. The Morgan fingerprint density at radius 3 is 2.33 bits per heavy atom. The molecule has 0 aliphatic carbocycles. The van der Waals surface area contributed by atoms with E-state index in [1.807, 2.05) is 38.1 Å². The van der Waals surface area contributed by atoms with Crippen LogP contribution in [0.3, 0.4) is 0 Å². The second-order valence-electron chi connectivity index (χ2n) is 7.44. The van der Waals surface area contributed by atoms with Crippen molar-refractivity contribution >= 4 is 21.6 Å². The molecule has 0 spiro atoms. The first-order valence-electron chi connectivity index (χ1n) is 9.96. The molecule has 1 amide bonds. The van der Waals surface area contributed by atoms with Crippen LogP contribution in [0.2, 0.25) is 0 Å². The van der Waals surface area contributed by atoms with E-state index in [2.05, 4.69) is 5.32 Å². The van der Waals surface area contributed by atoms with Gasteiger partial charge in [-0.05, 0) is 38.0 Å². The molecule has 30 heavy (non-hydrogen) atoms. The average molecular weight is 433 g/mol. The first-order chi connectivity index (χ1) is 14.2. The molecule has 1 aliphatic rings. The van der Waals surface area contributed by atoms with E-state index in [0.717, 1.165) is 21.7 Å². The molecule has 0 saturated heterocycles. The van der Waals surface area contributed by atoms with E-state index in [1.54, 1.807) is 25.1 Å². The van der Waals surface area contributed by atoms with E-state index < -0.39 is 16.1 Å². The summed E-state index contributed by atoms with van der Waals surface area (Å²) >= 11 is 0. The third-order valence-electron chi connectivity index (χ3n) is 5.07. The maximum Gasteiger partial charge on any atom is 0.244 e. The lowest BCUT2D eigenvalue weighted by atomic mass is 10.0. The van der Waals surface area contributed by atoms with Crippen LogP contribution < -0.4 is 19.1 Å². The molecule has 3 rings (SSSR count). The van der Waals surface area contributed by atoms with Gasteiger partial charge in [-0.1, -0.05) is 36.8 Å². The molecule has 2 aromatic rings. The Labute approximate surface area is 178 Å². The van der Waals surface area contributed by atoms with Crippen LogP contribution in [0.4, 0.5) is 5.69 Å². The minimum absolute atomic E-state index is 0.206. The number of sulfonamides is 1. The molecule has 0 radical (unpaired) electrons. The number of fused-ring (bicyclic) bond motifs is 1. The van der Waals surface area contributed by atoms with Gasteiger partial charge in [-0.15, -0.1) is 0 Å². The quantitative estimate of drug-likeness (QED) is 0.726. The van der Waals surface area contributed by atoms with Gasteiger partial charge in [-0.2, -0.15) is 0 Å². The van der Waals surface area contributed by atoms with E-state index in [9.17, 15) is 13.2 Å². The van der Waals surface area contributed by atoms with Crippen LogP contribution in [-0.2, 0) is 14.8 Å². The zero-order valence-electron chi connectivity index (χ0n) is 17.7. The highest BCUT2D eigenvalue weighted by atomic mass is 32.2. The number of hydrogen-bond donors (Lipinski definition) is 1. The first-order valence-corrected chi connectivity index (χ1v) is 11.8. The highest BCUT2D eigenvalue weighted by molar-refractivity contribution is 7.92. The number of rotatable bonds is 7. The number of hydrogen-bond acceptors (Lipinski definition) is 5. The largest absolute Gasteiger partial charge is 0.486 e. The number of nitrogens with one attached hydrogen (secondary N) is 1. The number of carbonyl (C=O) groups excluding carboxylic acids is 1. The molecule has 0 unspecified atom stereocenters. The maximum atomic E-state index is 13.0. The summed E-state index contributed by atoms with van der Waals surface area (Å²) in [5.74, 6) is 0.648. The Morgan fingerprint density at radius 1 is 1.10 bits per heavy atom. The van der Waals surface area contributed by atoms with Gasteiger partial charge in [0.05, 0.1) is 18.0 Å². The fraction of sp³-hybridized carbons (Fsp3) is 0.409. The summed E-state index contributed by atoms with van der Waals surface area (Å²) in [5, 5.41) is 2.99. The van der Waals surface area contributed by atoms with Gasteiger partial charge in [0.15, 0.2) is 11.5 Å². The zero-order valence-corrected chi connectivity index (χ0v) is 18.5. The van der Waals surface area contributed by atoms with Crippen LogP contribution in [0.15, 0.2) is 42.5 Å². The third kappa shape index (κ3) is 4.87. The minimum Gasteiger partial charge on any atom is -0.486 e. The number of ether oxygens (including phenoxy) is 2. The van der Waals surface area contributed by atoms with Crippen LogP contribution in [-0.4, -0.2) is 39.8 Å². The molecule has 0 bridgehead atoms. The number of aryl methyl sites for hydroxylation is 1. The van der Waals surface area contributed by atoms with Gasteiger partial charge in [0.1, 0.15) is 19.3 Å². The smallest absolute Gasteiger partial charge is 0.244 e. The van der Waals surface area contributed by atoms with Gasteiger partial charge in [-0.25, -0.2) is 8.42 Å². The Morgan fingerprint density at radius 2 is 1.73 bits per heavy atom. The number of amides is 1. The SMILES string of the molecule is CC[C@H](NC(=O)[C@H](C)N(c1ccc2c(c1)OCCO2)S(C)(=O)=O)c1ccc(C)cc1. The summed E-state index contributed by atoms with van der Waals surface area (Å²) in [5.41, 5.74) is 2.47. The van der Waals surface area contributed by atoms with Crippen molar-refractivity contribution in [2.75, 3.05) is 23.8 Å². The Kier molecular flexibility index (Phi) is 6.55. The summed E-state index contributed by atoms with van der Waals surface area (Å²) in [6.45, 7) is 6.39. The van der Waals surface area contributed by atoms with Crippen molar-refractivity contribution in [3.63, 3.8) is 0 Å². The van der Waals surface area contributed by atoms with Gasteiger partial charge in [0.25, 0.3) is 0 Å². The lowest BCUT2D eigenvalue weighted by molar-refractivity contribution is -0.122. The van der Waals surface area contributed by atoms with Crippen molar-refractivity contribution in [1.82, 2.24) is 5.32 Å². The van der Waals surface area contributed by atoms with E-state index >= 15 is 0 Å². The lowest BCUT2D eigenvalue weighted by Gasteiger charge is -2.30. The normalized spacial score (nSPS) is 15.2. The highest BCUT2D eigenvalue weighted by Gasteiger charge is 2.31. The van der Waals surface area contributed by atoms with E-state index in [-0.39, 0.29) is 11.9 Å². The Hall–Kier alpha value is -2.74. The van der Waals surface area contributed by atoms with Crippen LogP contribution in [0.1, 0.15) is 37.4 Å². The summed E-state index contributed by atoms with van der Waals surface area (Å²) in [7, 11) is -3.73. The fourth-order valence-corrected chi connectivity index (χ4v) is 4.66. The molecular formula is C22H28N2O5S. The molecule has 2 aromatic carbocycles. The van der Waals surface area contributed by atoms with Crippen molar-refractivity contribution in [3.05, 3.63) is 53.6 Å². The monoisotopic (exact) mass is 432 g/mol. The number of benzene rings is 2. The topological polar surface area (TPSA) is 84.9 Å².